The van der Waals surface area contributed by atoms with Crippen molar-refractivity contribution in [3.05, 3.63) is 35.4 Å². The van der Waals surface area contributed by atoms with Crippen molar-refractivity contribution in [2.24, 2.45) is 0 Å². The van der Waals surface area contributed by atoms with E-state index in [1.807, 2.05) is 38.1 Å². The van der Waals surface area contributed by atoms with Crippen molar-refractivity contribution in [2.45, 2.75) is 33.2 Å². The minimum atomic E-state index is -0.168. The van der Waals surface area contributed by atoms with Gasteiger partial charge in [0.2, 0.25) is 5.91 Å². The normalized spacial score (nSPS) is 15.6. The molecule has 0 unspecified atom stereocenters. The molecule has 112 valence electrons. The van der Waals surface area contributed by atoms with E-state index in [0.29, 0.717) is 17.0 Å². The molecule has 2 amide bonds. The first-order valence-corrected chi connectivity index (χ1v) is 7.05. The summed E-state index contributed by atoms with van der Waals surface area (Å²) in [6.07, 6.45) is 2.72. The molecule has 2 rings (SSSR count). The number of nitrogens with one attached hydrogen (secondary N) is 2. The molecule has 0 fully saturated rings. The summed E-state index contributed by atoms with van der Waals surface area (Å²) in [5.74, 6) is 0.402. The van der Waals surface area contributed by atoms with E-state index < -0.39 is 0 Å². The molecule has 0 radical (unpaired) electrons. The zero-order chi connectivity index (χ0) is 15.4. The summed E-state index contributed by atoms with van der Waals surface area (Å²) in [6, 6.07) is 5.37. The standard InChI is InChI=1S/C16H20N2O3/c1-4-5-10(2)16(20)17-11(3)12-6-7-14-13(8-12)18-15(19)9-21-14/h5-8,11H,4,9H2,1-3H3,(H,17,20)(H,18,19)/b10-5+/t11-/m1/s1. The van der Waals surface area contributed by atoms with Crippen LogP contribution in [0, 0.1) is 0 Å². The second-order valence-electron chi connectivity index (χ2n) is 5.08. The van der Waals surface area contributed by atoms with E-state index in [4.69, 9.17) is 4.74 Å². The first kappa shape index (κ1) is 15.1. The molecule has 0 aliphatic carbocycles. The minimum absolute atomic E-state index is 0.0413. The molecule has 1 aliphatic rings. The average Bonchev–Trinajstić information content (AvgIpc) is 2.46. The van der Waals surface area contributed by atoms with Gasteiger partial charge >= 0.3 is 0 Å². The number of amides is 2. The lowest BCUT2D eigenvalue weighted by molar-refractivity contribution is -0.119. The third-order valence-electron chi connectivity index (χ3n) is 3.35. The molecule has 0 bridgehead atoms. The van der Waals surface area contributed by atoms with Gasteiger partial charge in [-0.3, -0.25) is 9.59 Å². The van der Waals surface area contributed by atoms with Gasteiger partial charge in [-0.25, -0.2) is 0 Å². The molecule has 1 atom stereocenters. The summed E-state index contributed by atoms with van der Waals surface area (Å²) in [4.78, 5) is 23.3. The van der Waals surface area contributed by atoms with E-state index in [0.717, 1.165) is 12.0 Å². The Hall–Kier alpha value is -2.30. The molecule has 1 aliphatic heterocycles. The highest BCUT2D eigenvalue weighted by Crippen LogP contribution is 2.30. The monoisotopic (exact) mass is 288 g/mol. The van der Waals surface area contributed by atoms with Crippen molar-refractivity contribution >= 4 is 17.5 Å². The van der Waals surface area contributed by atoms with Crippen LogP contribution in [0.15, 0.2) is 29.8 Å². The number of anilines is 1. The third-order valence-corrected chi connectivity index (χ3v) is 3.35. The molecule has 0 aromatic heterocycles. The summed E-state index contributed by atoms with van der Waals surface area (Å²) >= 11 is 0. The highest BCUT2D eigenvalue weighted by molar-refractivity contribution is 5.95. The van der Waals surface area contributed by atoms with Gasteiger partial charge in [0.15, 0.2) is 6.61 Å². The Bertz CT molecular complexity index is 593. The molecular formula is C16H20N2O3. The maximum Gasteiger partial charge on any atom is 0.262 e. The fraction of sp³-hybridized carbons (Fsp3) is 0.375. The Labute approximate surface area is 124 Å². The number of carbonyl (C=O) groups is 2. The van der Waals surface area contributed by atoms with Gasteiger partial charge in [0.1, 0.15) is 5.75 Å². The lowest BCUT2D eigenvalue weighted by Gasteiger charge is -2.21. The summed E-state index contributed by atoms with van der Waals surface area (Å²) < 4.78 is 5.31. The molecule has 21 heavy (non-hydrogen) atoms. The van der Waals surface area contributed by atoms with Crippen LogP contribution >= 0.6 is 0 Å². The van der Waals surface area contributed by atoms with E-state index >= 15 is 0 Å². The number of hydrogen-bond donors (Lipinski definition) is 2. The Morgan fingerprint density at radius 3 is 3.00 bits per heavy atom. The molecule has 1 heterocycles. The van der Waals surface area contributed by atoms with E-state index in [1.54, 1.807) is 6.92 Å². The molecule has 1 aromatic rings. The molecule has 5 nitrogen and oxygen atoms in total. The van der Waals surface area contributed by atoms with Gasteiger partial charge in [0.25, 0.3) is 5.91 Å². The van der Waals surface area contributed by atoms with Crippen molar-refractivity contribution in [3.63, 3.8) is 0 Å². The van der Waals surface area contributed by atoms with Gasteiger partial charge in [-0.15, -0.1) is 0 Å². The Morgan fingerprint density at radius 2 is 2.29 bits per heavy atom. The lowest BCUT2D eigenvalue weighted by Crippen LogP contribution is -2.28. The largest absolute Gasteiger partial charge is 0.482 e. The molecule has 2 N–H and O–H groups in total. The van der Waals surface area contributed by atoms with Crippen LogP contribution in [0.3, 0.4) is 0 Å². The molecular weight excluding hydrogens is 268 g/mol. The fourth-order valence-corrected chi connectivity index (χ4v) is 2.16. The second kappa shape index (κ2) is 6.43. The summed E-state index contributed by atoms with van der Waals surface area (Å²) in [6.45, 7) is 5.74. The van der Waals surface area contributed by atoms with Crippen molar-refractivity contribution in [1.82, 2.24) is 5.32 Å². The maximum absolute atomic E-state index is 12.0. The van der Waals surface area contributed by atoms with Gasteiger partial charge in [0, 0.05) is 5.57 Å². The van der Waals surface area contributed by atoms with Crippen molar-refractivity contribution in [3.8, 4) is 5.75 Å². The summed E-state index contributed by atoms with van der Waals surface area (Å²) in [5, 5.41) is 5.70. The maximum atomic E-state index is 12.0. The van der Waals surface area contributed by atoms with E-state index in [9.17, 15) is 9.59 Å². The minimum Gasteiger partial charge on any atom is -0.482 e. The molecule has 0 saturated carbocycles. The van der Waals surface area contributed by atoms with Crippen molar-refractivity contribution in [2.75, 3.05) is 11.9 Å². The highest BCUT2D eigenvalue weighted by atomic mass is 16.5. The SMILES string of the molecule is CC/C=C(\C)C(=O)N[C@H](C)c1ccc2c(c1)NC(=O)CO2. The van der Waals surface area contributed by atoms with E-state index in [2.05, 4.69) is 10.6 Å². The van der Waals surface area contributed by atoms with Crippen molar-refractivity contribution < 1.29 is 14.3 Å². The zero-order valence-corrected chi connectivity index (χ0v) is 12.5. The zero-order valence-electron chi connectivity index (χ0n) is 12.5. The smallest absolute Gasteiger partial charge is 0.262 e. The molecule has 1 aromatic carbocycles. The number of benzene rings is 1. The van der Waals surface area contributed by atoms with Crippen LogP contribution in [0.1, 0.15) is 38.8 Å². The number of hydrogen-bond acceptors (Lipinski definition) is 3. The number of rotatable bonds is 4. The average molecular weight is 288 g/mol. The number of ether oxygens (including phenoxy) is 1. The quantitative estimate of drug-likeness (QED) is 0.837. The Morgan fingerprint density at radius 1 is 1.52 bits per heavy atom. The molecule has 5 heteroatoms. The van der Waals surface area contributed by atoms with Gasteiger partial charge in [-0.1, -0.05) is 19.1 Å². The first-order valence-electron chi connectivity index (χ1n) is 7.05. The first-order chi connectivity index (χ1) is 10.0. The van der Waals surface area contributed by atoms with Crippen LogP contribution in [0.4, 0.5) is 5.69 Å². The van der Waals surface area contributed by atoms with Crippen LogP contribution in [0.2, 0.25) is 0 Å². The predicted octanol–water partition coefficient (Wildman–Crippen LogP) is 2.55. The number of fused-ring (bicyclic) bond motifs is 1. The van der Waals surface area contributed by atoms with Crippen LogP contribution in [-0.4, -0.2) is 18.4 Å². The predicted molar refractivity (Wildman–Crippen MR) is 81.2 cm³/mol. The molecule has 0 saturated heterocycles. The molecule has 0 spiro atoms. The van der Waals surface area contributed by atoms with Crippen molar-refractivity contribution in [1.29, 1.82) is 0 Å². The number of allylic oxidation sites excluding steroid dienone is 1. The van der Waals surface area contributed by atoms with Crippen LogP contribution in [0.25, 0.3) is 0 Å². The summed E-state index contributed by atoms with van der Waals surface area (Å²) in [5.41, 5.74) is 2.27. The second-order valence-corrected chi connectivity index (χ2v) is 5.08. The fourth-order valence-electron chi connectivity index (χ4n) is 2.16. The van der Waals surface area contributed by atoms with Crippen LogP contribution in [-0.2, 0) is 9.59 Å². The van der Waals surface area contributed by atoms with Gasteiger partial charge in [-0.2, -0.15) is 0 Å². The van der Waals surface area contributed by atoms with Gasteiger partial charge in [0.05, 0.1) is 11.7 Å². The van der Waals surface area contributed by atoms with Gasteiger partial charge < -0.3 is 15.4 Å². The Kier molecular flexibility index (Phi) is 4.62. The number of carbonyl (C=O) groups excluding carboxylic acids is 2. The topological polar surface area (TPSA) is 67.4 Å². The lowest BCUT2D eigenvalue weighted by atomic mass is 10.1. The van der Waals surface area contributed by atoms with Crippen LogP contribution < -0.4 is 15.4 Å². The third kappa shape index (κ3) is 3.62. The van der Waals surface area contributed by atoms with Gasteiger partial charge in [-0.05, 0) is 38.0 Å². The summed E-state index contributed by atoms with van der Waals surface area (Å²) in [7, 11) is 0. The van der Waals surface area contributed by atoms with E-state index in [1.165, 1.54) is 0 Å². The van der Waals surface area contributed by atoms with Crippen LogP contribution in [0.5, 0.6) is 5.75 Å². The highest BCUT2D eigenvalue weighted by Gasteiger charge is 2.18. The Balaban J connectivity index is 2.11. The van der Waals surface area contributed by atoms with E-state index in [-0.39, 0.29) is 24.5 Å².